The smallest absolute Gasteiger partial charge is 0.0218 e. The molecular weight excluding hydrogens is 124 g/mol. The SMILES string of the molecule is CCC[C@@H]1CNCCN1C. The predicted octanol–water partition coefficient (Wildman–Crippen LogP) is 0.690. The van der Waals surface area contributed by atoms with E-state index in [2.05, 4.69) is 24.2 Å². The van der Waals surface area contributed by atoms with E-state index in [0.717, 1.165) is 12.6 Å². The fourth-order valence-electron chi connectivity index (χ4n) is 1.52. The van der Waals surface area contributed by atoms with Crippen LogP contribution in [0.4, 0.5) is 0 Å². The van der Waals surface area contributed by atoms with Gasteiger partial charge in [-0.15, -0.1) is 0 Å². The molecule has 1 fully saturated rings. The van der Waals surface area contributed by atoms with E-state index in [1.165, 1.54) is 25.9 Å². The van der Waals surface area contributed by atoms with Gasteiger partial charge in [0.25, 0.3) is 0 Å². The molecule has 0 aromatic rings. The van der Waals surface area contributed by atoms with Gasteiger partial charge < -0.3 is 10.2 Å². The maximum absolute atomic E-state index is 3.41. The molecule has 0 radical (unpaired) electrons. The molecule has 1 atom stereocenters. The first-order chi connectivity index (χ1) is 4.84. The molecular formula is C8H18N2. The molecule has 1 heterocycles. The zero-order valence-corrected chi connectivity index (χ0v) is 7.06. The molecule has 0 aromatic heterocycles. The summed E-state index contributed by atoms with van der Waals surface area (Å²) in [5.41, 5.74) is 0. The molecule has 1 saturated heterocycles. The van der Waals surface area contributed by atoms with Crippen LogP contribution in [0.1, 0.15) is 19.8 Å². The summed E-state index contributed by atoms with van der Waals surface area (Å²) in [5.74, 6) is 0. The molecule has 0 saturated carbocycles. The van der Waals surface area contributed by atoms with Crippen LogP contribution < -0.4 is 5.32 Å². The van der Waals surface area contributed by atoms with Gasteiger partial charge in [0.05, 0.1) is 0 Å². The Labute approximate surface area is 63.6 Å². The van der Waals surface area contributed by atoms with E-state index >= 15 is 0 Å². The maximum Gasteiger partial charge on any atom is 0.0218 e. The van der Waals surface area contributed by atoms with Crippen LogP contribution in [0.5, 0.6) is 0 Å². The molecule has 2 nitrogen and oxygen atoms in total. The van der Waals surface area contributed by atoms with E-state index in [1.54, 1.807) is 0 Å². The molecule has 60 valence electrons. The Balaban J connectivity index is 2.25. The van der Waals surface area contributed by atoms with E-state index in [1.807, 2.05) is 0 Å². The van der Waals surface area contributed by atoms with E-state index in [9.17, 15) is 0 Å². The summed E-state index contributed by atoms with van der Waals surface area (Å²) >= 11 is 0. The van der Waals surface area contributed by atoms with Gasteiger partial charge in [-0.2, -0.15) is 0 Å². The van der Waals surface area contributed by atoms with Crippen LogP contribution in [0.2, 0.25) is 0 Å². The fraction of sp³-hybridized carbons (Fsp3) is 1.00. The lowest BCUT2D eigenvalue weighted by atomic mass is 10.1. The molecule has 1 rings (SSSR count). The van der Waals surface area contributed by atoms with Gasteiger partial charge in [0.1, 0.15) is 0 Å². The number of nitrogens with zero attached hydrogens (tertiary/aromatic N) is 1. The highest BCUT2D eigenvalue weighted by Crippen LogP contribution is 2.05. The molecule has 0 unspecified atom stereocenters. The third-order valence-electron chi connectivity index (χ3n) is 2.27. The van der Waals surface area contributed by atoms with Gasteiger partial charge in [0.2, 0.25) is 0 Å². The second-order valence-electron chi connectivity index (χ2n) is 3.13. The van der Waals surface area contributed by atoms with Crippen LogP contribution in [0.15, 0.2) is 0 Å². The lowest BCUT2D eigenvalue weighted by molar-refractivity contribution is 0.189. The minimum Gasteiger partial charge on any atom is -0.314 e. The van der Waals surface area contributed by atoms with Gasteiger partial charge in [-0.05, 0) is 13.5 Å². The Morgan fingerprint density at radius 1 is 1.60 bits per heavy atom. The molecule has 1 aliphatic heterocycles. The normalized spacial score (nSPS) is 28.8. The number of rotatable bonds is 2. The summed E-state index contributed by atoms with van der Waals surface area (Å²) in [6.07, 6.45) is 2.64. The first kappa shape index (κ1) is 8.02. The average molecular weight is 142 g/mol. The van der Waals surface area contributed by atoms with E-state index < -0.39 is 0 Å². The van der Waals surface area contributed by atoms with E-state index in [-0.39, 0.29) is 0 Å². The minimum absolute atomic E-state index is 0.791. The van der Waals surface area contributed by atoms with Gasteiger partial charge in [-0.25, -0.2) is 0 Å². The van der Waals surface area contributed by atoms with Gasteiger partial charge in [-0.1, -0.05) is 13.3 Å². The first-order valence-corrected chi connectivity index (χ1v) is 4.25. The molecule has 0 bridgehead atoms. The lowest BCUT2D eigenvalue weighted by Crippen LogP contribution is -2.49. The molecule has 0 aromatic carbocycles. The Hall–Kier alpha value is -0.0800. The monoisotopic (exact) mass is 142 g/mol. The number of likely N-dealkylation sites (N-methyl/N-ethyl adjacent to an activating group) is 1. The van der Waals surface area contributed by atoms with Crippen molar-refractivity contribution in [3.8, 4) is 0 Å². The van der Waals surface area contributed by atoms with Crippen LogP contribution in [-0.2, 0) is 0 Å². The molecule has 0 spiro atoms. The van der Waals surface area contributed by atoms with Crippen molar-refractivity contribution in [1.29, 1.82) is 0 Å². The Bertz CT molecular complexity index is 91.3. The third-order valence-corrected chi connectivity index (χ3v) is 2.27. The zero-order valence-electron chi connectivity index (χ0n) is 7.06. The lowest BCUT2D eigenvalue weighted by Gasteiger charge is -2.32. The van der Waals surface area contributed by atoms with Crippen LogP contribution in [0.3, 0.4) is 0 Å². The summed E-state index contributed by atoms with van der Waals surface area (Å²) in [6.45, 7) is 5.81. The van der Waals surface area contributed by atoms with Crippen molar-refractivity contribution in [1.82, 2.24) is 10.2 Å². The molecule has 0 amide bonds. The number of piperazine rings is 1. The Kier molecular flexibility index (Phi) is 3.16. The van der Waals surface area contributed by atoms with Gasteiger partial charge >= 0.3 is 0 Å². The van der Waals surface area contributed by atoms with Gasteiger partial charge in [0, 0.05) is 25.7 Å². The van der Waals surface area contributed by atoms with Crippen molar-refractivity contribution in [2.24, 2.45) is 0 Å². The Morgan fingerprint density at radius 3 is 3.00 bits per heavy atom. The van der Waals surface area contributed by atoms with Crippen molar-refractivity contribution in [3.05, 3.63) is 0 Å². The van der Waals surface area contributed by atoms with Crippen LogP contribution >= 0.6 is 0 Å². The predicted molar refractivity (Wildman–Crippen MR) is 44.2 cm³/mol. The molecule has 2 heteroatoms. The standard InChI is InChI=1S/C8H18N2/c1-3-4-8-7-9-5-6-10(8)2/h8-9H,3-7H2,1-2H3/t8-/m1/s1. The summed E-state index contributed by atoms with van der Waals surface area (Å²) in [7, 11) is 2.22. The minimum atomic E-state index is 0.791. The van der Waals surface area contributed by atoms with Crippen LogP contribution in [-0.4, -0.2) is 37.6 Å². The molecule has 0 aliphatic carbocycles. The third kappa shape index (κ3) is 1.96. The van der Waals surface area contributed by atoms with Gasteiger partial charge in [0.15, 0.2) is 0 Å². The maximum atomic E-state index is 3.41. The molecule has 1 N–H and O–H groups in total. The average Bonchev–Trinajstić information content (AvgIpc) is 1.94. The highest BCUT2D eigenvalue weighted by Gasteiger charge is 2.16. The number of nitrogens with one attached hydrogen (secondary N) is 1. The van der Waals surface area contributed by atoms with Crippen molar-refractivity contribution < 1.29 is 0 Å². The van der Waals surface area contributed by atoms with Crippen LogP contribution in [0, 0.1) is 0 Å². The molecule has 10 heavy (non-hydrogen) atoms. The summed E-state index contributed by atoms with van der Waals surface area (Å²) in [6, 6.07) is 0.791. The molecule has 1 aliphatic rings. The van der Waals surface area contributed by atoms with Crippen molar-refractivity contribution >= 4 is 0 Å². The summed E-state index contributed by atoms with van der Waals surface area (Å²) < 4.78 is 0. The van der Waals surface area contributed by atoms with Crippen molar-refractivity contribution in [2.75, 3.05) is 26.7 Å². The zero-order chi connectivity index (χ0) is 7.40. The highest BCUT2D eigenvalue weighted by molar-refractivity contribution is 4.76. The number of hydrogen-bond donors (Lipinski definition) is 1. The second-order valence-corrected chi connectivity index (χ2v) is 3.13. The summed E-state index contributed by atoms with van der Waals surface area (Å²) in [5, 5.41) is 3.41. The fourth-order valence-corrected chi connectivity index (χ4v) is 1.52. The van der Waals surface area contributed by atoms with Gasteiger partial charge in [-0.3, -0.25) is 0 Å². The highest BCUT2D eigenvalue weighted by atomic mass is 15.2. The van der Waals surface area contributed by atoms with E-state index in [0.29, 0.717) is 0 Å². The first-order valence-electron chi connectivity index (χ1n) is 4.25. The second kappa shape index (κ2) is 3.94. The van der Waals surface area contributed by atoms with E-state index in [4.69, 9.17) is 0 Å². The summed E-state index contributed by atoms with van der Waals surface area (Å²) in [4.78, 5) is 2.46. The van der Waals surface area contributed by atoms with Crippen molar-refractivity contribution in [3.63, 3.8) is 0 Å². The Morgan fingerprint density at radius 2 is 2.40 bits per heavy atom. The largest absolute Gasteiger partial charge is 0.314 e. The topological polar surface area (TPSA) is 15.3 Å². The van der Waals surface area contributed by atoms with Crippen molar-refractivity contribution in [2.45, 2.75) is 25.8 Å². The van der Waals surface area contributed by atoms with Crippen LogP contribution in [0.25, 0.3) is 0 Å². The number of hydrogen-bond acceptors (Lipinski definition) is 2. The quantitative estimate of drug-likeness (QED) is 0.610.